The Labute approximate surface area is 108 Å². The molecule has 0 bridgehead atoms. The molecule has 96 valence electrons. The zero-order chi connectivity index (χ0) is 13.3. The van der Waals surface area contributed by atoms with E-state index in [2.05, 4.69) is 4.98 Å². The normalized spacial score (nSPS) is 12.6. The standard InChI is InChI=1S/C12H14N2O3S/c1-6-3-4-9(17-6)11-14-7(2)10(18-11)5-8(13)12(15)16/h3-4,8H,5,13H2,1-2H3,(H,15,16). The van der Waals surface area contributed by atoms with Crippen LogP contribution in [0.4, 0.5) is 0 Å². The molecule has 1 unspecified atom stereocenters. The molecular weight excluding hydrogens is 252 g/mol. The summed E-state index contributed by atoms with van der Waals surface area (Å²) >= 11 is 1.42. The van der Waals surface area contributed by atoms with Gasteiger partial charge in [-0.3, -0.25) is 4.79 Å². The van der Waals surface area contributed by atoms with E-state index in [9.17, 15) is 4.79 Å². The summed E-state index contributed by atoms with van der Waals surface area (Å²) in [5, 5.41) is 9.56. The molecule has 0 aromatic carbocycles. The Morgan fingerprint density at radius 2 is 2.28 bits per heavy atom. The first kappa shape index (κ1) is 12.8. The number of furan rings is 1. The fraction of sp³-hybridized carbons (Fsp3) is 0.333. The number of carboxylic acid groups (broad SMARTS) is 1. The minimum atomic E-state index is -1.00. The second-order valence-electron chi connectivity index (χ2n) is 4.09. The molecule has 0 aliphatic rings. The first-order chi connectivity index (χ1) is 8.47. The third-order valence-electron chi connectivity index (χ3n) is 2.57. The molecule has 0 aliphatic carbocycles. The molecule has 0 spiro atoms. The van der Waals surface area contributed by atoms with Gasteiger partial charge in [0, 0.05) is 11.3 Å². The van der Waals surface area contributed by atoms with Crippen molar-refractivity contribution in [3.8, 4) is 10.8 Å². The maximum Gasteiger partial charge on any atom is 0.320 e. The maximum absolute atomic E-state index is 10.7. The average Bonchev–Trinajstić information content (AvgIpc) is 2.86. The average molecular weight is 266 g/mol. The van der Waals surface area contributed by atoms with Crippen molar-refractivity contribution in [2.75, 3.05) is 0 Å². The number of hydrogen-bond acceptors (Lipinski definition) is 5. The monoisotopic (exact) mass is 266 g/mol. The number of nitrogens with zero attached hydrogens (tertiary/aromatic N) is 1. The Bertz CT molecular complexity index is 574. The van der Waals surface area contributed by atoms with Gasteiger partial charge < -0.3 is 15.3 Å². The number of aryl methyl sites for hydroxylation is 2. The number of aromatic nitrogens is 1. The van der Waals surface area contributed by atoms with E-state index in [4.69, 9.17) is 15.3 Å². The van der Waals surface area contributed by atoms with Crippen molar-refractivity contribution in [2.45, 2.75) is 26.3 Å². The van der Waals surface area contributed by atoms with Crippen LogP contribution in [0.3, 0.4) is 0 Å². The maximum atomic E-state index is 10.7. The van der Waals surface area contributed by atoms with Crippen molar-refractivity contribution < 1.29 is 14.3 Å². The second kappa shape index (κ2) is 4.91. The molecule has 0 radical (unpaired) electrons. The molecule has 2 heterocycles. The number of rotatable bonds is 4. The third kappa shape index (κ3) is 2.60. The molecule has 1 atom stereocenters. The summed E-state index contributed by atoms with van der Waals surface area (Å²) in [5.74, 6) is 0.524. The predicted octanol–water partition coefficient (Wildman–Crippen LogP) is 1.97. The molecule has 2 aromatic rings. The molecule has 0 amide bonds. The van der Waals surface area contributed by atoms with Crippen LogP contribution in [0.25, 0.3) is 10.8 Å². The van der Waals surface area contributed by atoms with E-state index < -0.39 is 12.0 Å². The predicted molar refractivity (Wildman–Crippen MR) is 68.6 cm³/mol. The zero-order valence-electron chi connectivity index (χ0n) is 10.1. The molecule has 18 heavy (non-hydrogen) atoms. The van der Waals surface area contributed by atoms with Crippen LogP contribution in [0.1, 0.15) is 16.3 Å². The minimum Gasteiger partial charge on any atom is -0.480 e. The number of carbonyl (C=O) groups is 1. The van der Waals surface area contributed by atoms with Gasteiger partial charge in [0.2, 0.25) is 0 Å². The first-order valence-corrected chi connectivity index (χ1v) is 6.30. The smallest absolute Gasteiger partial charge is 0.320 e. The fourth-order valence-electron chi connectivity index (χ4n) is 1.56. The van der Waals surface area contributed by atoms with Crippen LogP contribution >= 0.6 is 11.3 Å². The Hall–Kier alpha value is -1.66. The lowest BCUT2D eigenvalue weighted by Crippen LogP contribution is -2.32. The van der Waals surface area contributed by atoms with Crippen molar-refractivity contribution >= 4 is 17.3 Å². The summed E-state index contributed by atoms with van der Waals surface area (Å²) in [6.07, 6.45) is 0.290. The van der Waals surface area contributed by atoms with Gasteiger partial charge in [-0.1, -0.05) is 0 Å². The van der Waals surface area contributed by atoms with Gasteiger partial charge in [-0.25, -0.2) is 4.98 Å². The Kier molecular flexibility index (Phi) is 3.49. The largest absolute Gasteiger partial charge is 0.480 e. The second-order valence-corrected chi connectivity index (χ2v) is 5.17. The lowest BCUT2D eigenvalue weighted by atomic mass is 10.2. The molecule has 0 saturated carbocycles. The summed E-state index contributed by atoms with van der Waals surface area (Å²) in [6, 6.07) is 2.83. The molecule has 0 saturated heterocycles. The summed E-state index contributed by atoms with van der Waals surface area (Å²) in [7, 11) is 0. The van der Waals surface area contributed by atoms with Crippen molar-refractivity contribution in [3.05, 3.63) is 28.5 Å². The van der Waals surface area contributed by atoms with E-state index in [1.807, 2.05) is 26.0 Å². The molecule has 0 aliphatic heterocycles. The van der Waals surface area contributed by atoms with Crippen LogP contribution in [0.5, 0.6) is 0 Å². The van der Waals surface area contributed by atoms with E-state index >= 15 is 0 Å². The Morgan fingerprint density at radius 3 is 2.83 bits per heavy atom. The highest BCUT2D eigenvalue weighted by atomic mass is 32.1. The van der Waals surface area contributed by atoms with Gasteiger partial charge in [0.05, 0.1) is 5.69 Å². The van der Waals surface area contributed by atoms with Gasteiger partial charge in [0.15, 0.2) is 10.8 Å². The minimum absolute atomic E-state index is 0.290. The Balaban J connectivity index is 2.24. The van der Waals surface area contributed by atoms with Crippen LogP contribution in [0.2, 0.25) is 0 Å². The number of hydrogen-bond donors (Lipinski definition) is 2. The van der Waals surface area contributed by atoms with Gasteiger partial charge in [0.25, 0.3) is 0 Å². The topological polar surface area (TPSA) is 89.3 Å². The lowest BCUT2D eigenvalue weighted by Gasteiger charge is -2.03. The van der Waals surface area contributed by atoms with E-state index in [-0.39, 0.29) is 0 Å². The lowest BCUT2D eigenvalue weighted by molar-refractivity contribution is -0.138. The summed E-state index contributed by atoms with van der Waals surface area (Å²) in [4.78, 5) is 16.0. The van der Waals surface area contributed by atoms with Gasteiger partial charge >= 0.3 is 5.97 Å². The van der Waals surface area contributed by atoms with E-state index in [0.29, 0.717) is 12.2 Å². The molecule has 5 nitrogen and oxygen atoms in total. The van der Waals surface area contributed by atoms with E-state index in [1.165, 1.54) is 11.3 Å². The van der Waals surface area contributed by atoms with Crippen LogP contribution in [-0.2, 0) is 11.2 Å². The molecular formula is C12H14N2O3S. The highest BCUT2D eigenvalue weighted by Crippen LogP contribution is 2.29. The first-order valence-electron chi connectivity index (χ1n) is 5.49. The number of thiazole rings is 1. The van der Waals surface area contributed by atoms with Gasteiger partial charge in [-0.2, -0.15) is 0 Å². The quantitative estimate of drug-likeness (QED) is 0.883. The van der Waals surface area contributed by atoms with Gasteiger partial charge in [-0.05, 0) is 26.0 Å². The summed E-state index contributed by atoms with van der Waals surface area (Å²) in [6.45, 7) is 3.71. The van der Waals surface area contributed by atoms with Crippen LogP contribution in [0, 0.1) is 13.8 Å². The summed E-state index contributed by atoms with van der Waals surface area (Å²) in [5.41, 5.74) is 6.33. The Morgan fingerprint density at radius 1 is 1.56 bits per heavy atom. The zero-order valence-corrected chi connectivity index (χ0v) is 11.0. The van der Waals surface area contributed by atoms with Gasteiger partial charge in [-0.15, -0.1) is 11.3 Å². The molecule has 6 heteroatoms. The highest BCUT2D eigenvalue weighted by Gasteiger charge is 2.18. The van der Waals surface area contributed by atoms with Crippen LogP contribution in [0.15, 0.2) is 16.5 Å². The van der Waals surface area contributed by atoms with Crippen molar-refractivity contribution in [1.29, 1.82) is 0 Å². The molecule has 2 rings (SSSR count). The van der Waals surface area contributed by atoms with Crippen LogP contribution < -0.4 is 5.73 Å². The number of aliphatic carboxylic acids is 1. The molecule has 2 aromatic heterocycles. The number of nitrogens with two attached hydrogens (primary N) is 1. The highest BCUT2D eigenvalue weighted by molar-refractivity contribution is 7.15. The van der Waals surface area contributed by atoms with Crippen LogP contribution in [-0.4, -0.2) is 22.1 Å². The summed E-state index contributed by atoms with van der Waals surface area (Å²) < 4.78 is 5.49. The van der Waals surface area contributed by atoms with Crippen molar-refractivity contribution in [1.82, 2.24) is 4.98 Å². The number of carboxylic acids is 1. The SMILES string of the molecule is Cc1ccc(-c2nc(C)c(CC(N)C(=O)O)s2)o1. The van der Waals surface area contributed by atoms with Crippen molar-refractivity contribution in [3.63, 3.8) is 0 Å². The molecule has 0 fully saturated rings. The van der Waals surface area contributed by atoms with Gasteiger partial charge in [0.1, 0.15) is 11.8 Å². The molecule has 3 N–H and O–H groups in total. The fourth-order valence-corrected chi connectivity index (χ4v) is 2.64. The van der Waals surface area contributed by atoms with Crippen molar-refractivity contribution in [2.24, 2.45) is 5.73 Å². The van der Waals surface area contributed by atoms with E-state index in [0.717, 1.165) is 21.3 Å². The van der Waals surface area contributed by atoms with E-state index in [1.54, 1.807) is 0 Å². The third-order valence-corrected chi connectivity index (χ3v) is 3.76.